The minimum Gasteiger partial charge on any atom is -0.496 e. The fourth-order valence-electron chi connectivity index (χ4n) is 3.63. The van der Waals surface area contributed by atoms with Crippen molar-refractivity contribution < 1.29 is 18.9 Å². The van der Waals surface area contributed by atoms with Crippen LogP contribution in [0.3, 0.4) is 0 Å². The molecule has 0 amide bonds. The smallest absolute Gasteiger partial charge is 0.203 e. The highest BCUT2D eigenvalue weighted by molar-refractivity contribution is 5.85. The van der Waals surface area contributed by atoms with Gasteiger partial charge in [-0.3, -0.25) is 0 Å². The van der Waals surface area contributed by atoms with Crippen LogP contribution in [0.4, 0.5) is 0 Å². The van der Waals surface area contributed by atoms with E-state index in [0.29, 0.717) is 23.1 Å². The highest BCUT2D eigenvalue weighted by Gasteiger charge is 2.18. The first kappa shape index (κ1) is 19.6. The summed E-state index contributed by atoms with van der Waals surface area (Å²) in [5.74, 6) is 3.23. The van der Waals surface area contributed by atoms with Gasteiger partial charge in [0.2, 0.25) is 5.75 Å². The van der Waals surface area contributed by atoms with Gasteiger partial charge in [0.1, 0.15) is 11.6 Å². The van der Waals surface area contributed by atoms with Crippen LogP contribution in [0.2, 0.25) is 0 Å². The second-order valence-corrected chi connectivity index (χ2v) is 6.80. The molecule has 1 N–H and O–H groups in total. The molecule has 0 radical (unpaired) electrons. The van der Waals surface area contributed by atoms with E-state index >= 15 is 0 Å². The maximum Gasteiger partial charge on any atom is 0.203 e. The number of hydrogen-bond donors (Lipinski definition) is 1. The molecular formula is C24H24N2O4. The molecule has 0 fully saturated rings. The van der Waals surface area contributed by atoms with Gasteiger partial charge in [-0.05, 0) is 29.8 Å². The van der Waals surface area contributed by atoms with Crippen LogP contribution in [0.1, 0.15) is 11.1 Å². The van der Waals surface area contributed by atoms with Gasteiger partial charge in [-0.1, -0.05) is 30.3 Å². The molecule has 0 atom stereocenters. The minimum absolute atomic E-state index is 0.547. The Balaban J connectivity index is 1.85. The van der Waals surface area contributed by atoms with Gasteiger partial charge in [-0.25, -0.2) is 4.98 Å². The highest BCUT2D eigenvalue weighted by Crippen LogP contribution is 2.41. The number of aromatic amines is 1. The number of benzene rings is 3. The van der Waals surface area contributed by atoms with E-state index in [-0.39, 0.29) is 0 Å². The number of nitrogens with zero attached hydrogens (tertiary/aromatic N) is 1. The second-order valence-electron chi connectivity index (χ2n) is 6.80. The SMILES string of the molecule is COc1cc(-c2nc3c(Cc4ccccc4)c(OC)ccc3[nH]2)cc(OC)c1OC. The van der Waals surface area contributed by atoms with Crippen molar-refractivity contribution in [2.45, 2.75) is 6.42 Å². The molecule has 6 nitrogen and oxygen atoms in total. The fourth-order valence-corrected chi connectivity index (χ4v) is 3.63. The van der Waals surface area contributed by atoms with Crippen molar-refractivity contribution in [3.63, 3.8) is 0 Å². The van der Waals surface area contributed by atoms with E-state index in [2.05, 4.69) is 17.1 Å². The summed E-state index contributed by atoms with van der Waals surface area (Å²) < 4.78 is 22.0. The predicted molar refractivity (Wildman–Crippen MR) is 117 cm³/mol. The van der Waals surface area contributed by atoms with Gasteiger partial charge >= 0.3 is 0 Å². The molecule has 30 heavy (non-hydrogen) atoms. The van der Waals surface area contributed by atoms with Gasteiger partial charge in [-0.2, -0.15) is 0 Å². The van der Waals surface area contributed by atoms with Crippen molar-refractivity contribution in [2.24, 2.45) is 0 Å². The van der Waals surface area contributed by atoms with Gasteiger partial charge in [0.05, 0.1) is 39.5 Å². The van der Waals surface area contributed by atoms with Crippen LogP contribution in [0.25, 0.3) is 22.4 Å². The van der Waals surface area contributed by atoms with E-state index in [1.807, 2.05) is 42.5 Å². The monoisotopic (exact) mass is 404 g/mol. The normalized spacial score (nSPS) is 10.8. The third-order valence-corrected chi connectivity index (χ3v) is 5.10. The Hall–Kier alpha value is -3.67. The van der Waals surface area contributed by atoms with Crippen molar-refractivity contribution in [1.29, 1.82) is 0 Å². The molecule has 0 aliphatic heterocycles. The Bertz CT molecular complexity index is 1140. The Kier molecular flexibility index (Phi) is 5.48. The fraction of sp³-hybridized carbons (Fsp3) is 0.208. The van der Waals surface area contributed by atoms with Crippen LogP contribution in [-0.4, -0.2) is 38.4 Å². The largest absolute Gasteiger partial charge is 0.496 e. The number of ether oxygens (including phenoxy) is 4. The van der Waals surface area contributed by atoms with Gasteiger partial charge < -0.3 is 23.9 Å². The lowest BCUT2D eigenvalue weighted by Crippen LogP contribution is -1.96. The van der Waals surface area contributed by atoms with Gasteiger partial charge in [0, 0.05) is 17.5 Å². The highest BCUT2D eigenvalue weighted by atomic mass is 16.5. The molecule has 4 rings (SSSR count). The number of imidazole rings is 1. The molecule has 3 aromatic carbocycles. The molecule has 0 saturated heterocycles. The van der Waals surface area contributed by atoms with E-state index in [9.17, 15) is 0 Å². The predicted octanol–water partition coefficient (Wildman–Crippen LogP) is 4.86. The molecule has 0 unspecified atom stereocenters. The summed E-state index contributed by atoms with van der Waals surface area (Å²) in [6, 6.07) is 18.0. The zero-order valence-corrected chi connectivity index (χ0v) is 17.5. The molecular weight excluding hydrogens is 380 g/mol. The van der Waals surface area contributed by atoms with E-state index in [4.69, 9.17) is 23.9 Å². The summed E-state index contributed by atoms with van der Waals surface area (Å²) >= 11 is 0. The Labute approximate surface area is 175 Å². The zero-order valence-electron chi connectivity index (χ0n) is 17.5. The molecule has 0 aliphatic carbocycles. The van der Waals surface area contributed by atoms with Gasteiger partial charge in [0.15, 0.2) is 11.5 Å². The average Bonchev–Trinajstić information content (AvgIpc) is 3.23. The van der Waals surface area contributed by atoms with Crippen molar-refractivity contribution in [1.82, 2.24) is 9.97 Å². The zero-order chi connectivity index (χ0) is 21.1. The Morgan fingerprint density at radius 1 is 0.767 bits per heavy atom. The quantitative estimate of drug-likeness (QED) is 0.477. The third kappa shape index (κ3) is 3.52. The average molecular weight is 404 g/mol. The van der Waals surface area contributed by atoms with Crippen LogP contribution >= 0.6 is 0 Å². The van der Waals surface area contributed by atoms with Crippen molar-refractivity contribution in [3.8, 4) is 34.4 Å². The van der Waals surface area contributed by atoms with Crippen LogP contribution in [0.15, 0.2) is 54.6 Å². The first-order valence-electron chi connectivity index (χ1n) is 9.58. The molecule has 1 heterocycles. The summed E-state index contributed by atoms with van der Waals surface area (Å²) in [5.41, 5.74) is 4.88. The lowest BCUT2D eigenvalue weighted by Gasteiger charge is -2.13. The first-order valence-corrected chi connectivity index (χ1v) is 9.58. The molecule has 1 aromatic heterocycles. The topological polar surface area (TPSA) is 65.6 Å². The minimum atomic E-state index is 0.547. The van der Waals surface area contributed by atoms with Crippen LogP contribution in [-0.2, 0) is 6.42 Å². The van der Waals surface area contributed by atoms with Gasteiger partial charge in [-0.15, -0.1) is 0 Å². The third-order valence-electron chi connectivity index (χ3n) is 5.10. The van der Waals surface area contributed by atoms with Crippen molar-refractivity contribution in [3.05, 3.63) is 65.7 Å². The summed E-state index contributed by atoms with van der Waals surface area (Å²) in [6.45, 7) is 0. The number of methoxy groups -OCH3 is 4. The molecule has 4 aromatic rings. The van der Waals surface area contributed by atoms with Crippen LogP contribution < -0.4 is 18.9 Å². The number of fused-ring (bicyclic) bond motifs is 1. The molecule has 6 heteroatoms. The molecule has 0 bridgehead atoms. The van der Waals surface area contributed by atoms with Crippen molar-refractivity contribution in [2.75, 3.05) is 28.4 Å². The molecule has 0 aliphatic rings. The lowest BCUT2D eigenvalue weighted by molar-refractivity contribution is 0.324. The van der Waals surface area contributed by atoms with E-state index in [1.165, 1.54) is 5.56 Å². The summed E-state index contributed by atoms with van der Waals surface area (Å²) in [4.78, 5) is 8.32. The van der Waals surface area contributed by atoms with Gasteiger partial charge in [0.25, 0.3) is 0 Å². The number of aromatic nitrogens is 2. The van der Waals surface area contributed by atoms with E-state index in [1.54, 1.807) is 28.4 Å². The maximum absolute atomic E-state index is 5.63. The molecule has 0 saturated carbocycles. The standard InChI is InChI=1S/C24H24N2O4/c1-27-19-11-10-18-22(17(19)12-15-8-6-5-7-9-15)26-24(25-18)16-13-20(28-2)23(30-4)21(14-16)29-3/h5-11,13-14H,12H2,1-4H3,(H,25,26). The van der Waals surface area contributed by atoms with Crippen LogP contribution in [0, 0.1) is 0 Å². The Morgan fingerprint density at radius 2 is 1.43 bits per heavy atom. The summed E-state index contributed by atoms with van der Waals surface area (Å²) in [5, 5.41) is 0. The first-order chi connectivity index (χ1) is 14.7. The molecule has 0 spiro atoms. The number of hydrogen-bond acceptors (Lipinski definition) is 5. The number of rotatable bonds is 7. The lowest BCUT2D eigenvalue weighted by atomic mass is 10.0. The van der Waals surface area contributed by atoms with E-state index < -0.39 is 0 Å². The summed E-state index contributed by atoms with van der Waals surface area (Å²) in [7, 11) is 6.47. The number of H-pyrrole nitrogens is 1. The molecule has 154 valence electrons. The summed E-state index contributed by atoms with van der Waals surface area (Å²) in [6.07, 6.45) is 0.723. The Morgan fingerprint density at radius 3 is 2.03 bits per heavy atom. The van der Waals surface area contributed by atoms with Crippen molar-refractivity contribution >= 4 is 11.0 Å². The van der Waals surface area contributed by atoms with Crippen LogP contribution in [0.5, 0.6) is 23.0 Å². The number of nitrogens with one attached hydrogen (secondary N) is 1. The maximum atomic E-state index is 5.63. The van der Waals surface area contributed by atoms with E-state index in [0.717, 1.165) is 34.3 Å². The second kappa shape index (κ2) is 8.37.